The van der Waals surface area contributed by atoms with Crippen molar-refractivity contribution in [3.63, 3.8) is 0 Å². The fourth-order valence-electron chi connectivity index (χ4n) is 1.78. The predicted octanol–water partition coefficient (Wildman–Crippen LogP) is 3.11. The smallest absolute Gasteiger partial charge is 0.121 e. The second-order valence-electron chi connectivity index (χ2n) is 3.66. The standard InChI is InChI=1S/C13H15NO/c1-4-12-9(2)7-10-5-6-11(15-3)8-13(10)14-12/h5-8H,4H2,1-3H3. The summed E-state index contributed by atoms with van der Waals surface area (Å²) in [6.07, 6.45) is 0.971. The Balaban J connectivity index is 2.66. The van der Waals surface area contributed by atoms with Crippen molar-refractivity contribution in [1.29, 1.82) is 0 Å². The molecule has 0 saturated carbocycles. The van der Waals surface area contributed by atoms with Crippen molar-refractivity contribution in [3.8, 4) is 5.75 Å². The fourth-order valence-corrected chi connectivity index (χ4v) is 1.78. The summed E-state index contributed by atoms with van der Waals surface area (Å²) in [6.45, 7) is 4.23. The van der Waals surface area contributed by atoms with Crippen molar-refractivity contribution in [1.82, 2.24) is 4.98 Å². The molecular formula is C13H15NO. The van der Waals surface area contributed by atoms with Gasteiger partial charge in [0.15, 0.2) is 0 Å². The molecule has 0 N–H and O–H groups in total. The number of aromatic nitrogens is 1. The summed E-state index contributed by atoms with van der Waals surface area (Å²) in [5, 5.41) is 1.17. The third-order valence-corrected chi connectivity index (χ3v) is 2.66. The molecule has 0 saturated heterocycles. The van der Waals surface area contributed by atoms with Gasteiger partial charge in [0.1, 0.15) is 5.75 Å². The number of ether oxygens (including phenoxy) is 1. The zero-order chi connectivity index (χ0) is 10.8. The Labute approximate surface area is 89.9 Å². The van der Waals surface area contributed by atoms with Gasteiger partial charge in [0.05, 0.1) is 12.6 Å². The number of rotatable bonds is 2. The minimum absolute atomic E-state index is 0.862. The summed E-state index contributed by atoms with van der Waals surface area (Å²) >= 11 is 0. The van der Waals surface area contributed by atoms with E-state index in [1.54, 1.807) is 7.11 Å². The van der Waals surface area contributed by atoms with Crippen molar-refractivity contribution in [2.24, 2.45) is 0 Å². The molecule has 2 nitrogen and oxygen atoms in total. The van der Waals surface area contributed by atoms with Crippen molar-refractivity contribution in [2.75, 3.05) is 7.11 Å². The van der Waals surface area contributed by atoms with Crippen LogP contribution in [-0.4, -0.2) is 12.1 Å². The van der Waals surface area contributed by atoms with Gasteiger partial charge in [-0.3, -0.25) is 4.98 Å². The lowest BCUT2D eigenvalue weighted by molar-refractivity contribution is 0.415. The molecule has 0 bridgehead atoms. The number of fused-ring (bicyclic) bond motifs is 1. The van der Waals surface area contributed by atoms with Crippen LogP contribution in [0.3, 0.4) is 0 Å². The van der Waals surface area contributed by atoms with Crippen LogP contribution in [0.15, 0.2) is 24.3 Å². The first-order chi connectivity index (χ1) is 7.24. The highest BCUT2D eigenvalue weighted by molar-refractivity contribution is 5.81. The lowest BCUT2D eigenvalue weighted by Crippen LogP contribution is -1.93. The van der Waals surface area contributed by atoms with E-state index in [4.69, 9.17) is 4.74 Å². The molecule has 0 radical (unpaired) electrons. The van der Waals surface area contributed by atoms with E-state index in [-0.39, 0.29) is 0 Å². The van der Waals surface area contributed by atoms with E-state index in [0.29, 0.717) is 0 Å². The maximum atomic E-state index is 5.19. The van der Waals surface area contributed by atoms with Crippen LogP contribution in [-0.2, 0) is 6.42 Å². The third kappa shape index (κ3) is 1.80. The first-order valence-electron chi connectivity index (χ1n) is 5.19. The summed E-state index contributed by atoms with van der Waals surface area (Å²) in [5.41, 5.74) is 3.43. The van der Waals surface area contributed by atoms with Crippen molar-refractivity contribution in [2.45, 2.75) is 20.3 Å². The number of hydrogen-bond acceptors (Lipinski definition) is 2. The first kappa shape index (κ1) is 9.97. The normalized spacial score (nSPS) is 10.6. The summed E-state index contributed by atoms with van der Waals surface area (Å²) in [6, 6.07) is 8.18. The van der Waals surface area contributed by atoms with Gasteiger partial charge in [0.25, 0.3) is 0 Å². The molecule has 0 amide bonds. The van der Waals surface area contributed by atoms with Gasteiger partial charge in [-0.1, -0.05) is 6.92 Å². The zero-order valence-electron chi connectivity index (χ0n) is 9.37. The minimum Gasteiger partial charge on any atom is -0.497 e. The molecule has 0 aliphatic rings. The number of nitrogens with zero attached hydrogens (tertiary/aromatic N) is 1. The van der Waals surface area contributed by atoms with Crippen molar-refractivity contribution >= 4 is 10.9 Å². The molecule has 2 rings (SSSR count). The van der Waals surface area contributed by atoms with E-state index in [9.17, 15) is 0 Å². The average molecular weight is 201 g/mol. The van der Waals surface area contributed by atoms with E-state index >= 15 is 0 Å². The van der Waals surface area contributed by atoms with Crippen LogP contribution < -0.4 is 4.74 Å². The molecule has 2 heteroatoms. The quantitative estimate of drug-likeness (QED) is 0.744. The molecule has 78 valence electrons. The Morgan fingerprint density at radius 1 is 1.27 bits per heavy atom. The van der Waals surface area contributed by atoms with Gasteiger partial charge in [0, 0.05) is 17.1 Å². The largest absolute Gasteiger partial charge is 0.497 e. The van der Waals surface area contributed by atoms with Crippen LogP contribution in [0.2, 0.25) is 0 Å². The van der Waals surface area contributed by atoms with Gasteiger partial charge in [0.2, 0.25) is 0 Å². The van der Waals surface area contributed by atoms with E-state index in [2.05, 4.69) is 24.9 Å². The lowest BCUT2D eigenvalue weighted by Gasteiger charge is -2.06. The Bertz CT molecular complexity index is 491. The number of methoxy groups -OCH3 is 1. The Morgan fingerprint density at radius 2 is 2.07 bits per heavy atom. The maximum Gasteiger partial charge on any atom is 0.121 e. The van der Waals surface area contributed by atoms with Crippen molar-refractivity contribution < 1.29 is 4.74 Å². The molecular weight excluding hydrogens is 186 g/mol. The van der Waals surface area contributed by atoms with Gasteiger partial charge in [-0.2, -0.15) is 0 Å². The van der Waals surface area contributed by atoms with Crippen LogP contribution in [0.25, 0.3) is 10.9 Å². The van der Waals surface area contributed by atoms with E-state index in [1.165, 1.54) is 10.9 Å². The summed E-state index contributed by atoms with van der Waals surface area (Å²) < 4.78 is 5.19. The van der Waals surface area contributed by atoms with Gasteiger partial charge < -0.3 is 4.74 Å². The van der Waals surface area contributed by atoms with Gasteiger partial charge >= 0.3 is 0 Å². The second kappa shape index (κ2) is 3.89. The Kier molecular flexibility index (Phi) is 2.58. The summed E-state index contributed by atoms with van der Waals surface area (Å²) in [4.78, 5) is 4.62. The van der Waals surface area contributed by atoms with Crippen LogP contribution in [0.4, 0.5) is 0 Å². The van der Waals surface area contributed by atoms with Crippen molar-refractivity contribution in [3.05, 3.63) is 35.5 Å². The van der Waals surface area contributed by atoms with Crippen LogP contribution in [0, 0.1) is 6.92 Å². The molecule has 0 fully saturated rings. The molecule has 15 heavy (non-hydrogen) atoms. The van der Waals surface area contributed by atoms with E-state index < -0.39 is 0 Å². The third-order valence-electron chi connectivity index (χ3n) is 2.66. The van der Waals surface area contributed by atoms with Crippen LogP contribution in [0.1, 0.15) is 18.2 Å². The zero-order valence-corrected chi connectivity index (χ0v) is 9.37. The molecule has 1 aromatic heterocycles. The number of hydrogen-bond donors (Lipinski definition) is 0. The molecule has 0 aliphatic carbocycles. The predicted molar refractivity (Wildman–Crippen MR) is 62.4 cm³/mol. The monoisotopic (exact) mass is 201 g/mol. The fraction of sp³-hybridized carbons (Fsp3) is 0.308. The highest BCUT2D eigenvalue weighted by Gasteiger charge is 2.02. The molecule has 0 aliphatic heterocycles. The summed E-state index contributed by atoms with van der Waals surface area (Å²) in [5.74, 6) is 0.862. The number of benzene rings is 1. The van der Waals surface area contributed by atoms with Crippen LogP contribution >= 0.6 is 0 Å². The highest BCUT2D eigenvalue weighted by atomic mass is 16.5. The number of pyridine rings is 1. The van der Waals surface area contributed by atoms with E-state index in [0.717, 1.165) is 23.4 Å². The summed E-state index contributed by atoms with van der Waals surface area (Å²) in [7, 11) is 1.68. The Morgan fingerprint density at radius 3 is 2.73 bits per heavy atom. The second-order valence-corrected chi connectivity index (χ2v) is 3.66. The molecule has 0 atom stereocenters. The maximum absolute atomic E-state index is 5.19. The van der Waals surface area contributed by atoms with Gasteiger partial charge in [-0.05, 0) is 37.1 Å². The lowest BCUT2D eigenvalue weighted by atomic mass is 10.1. The highest BCUT2D eigenvalue weighted by Crippen LogP contribution is 2.21. The van der Waals surface area contributed by atoms with E-state index in [1.807, 2.05) is 18.2 Å². The molecule has 1 aromatic carbocycles. The molecule has 0 spiro atoms. The first-order valence-corrected chi connectivity index (χ1v) is 5.19. The molecule has 1 heterocycles. The topological polar surface area (TPSA) is 22.1 Å². The molecule has 2 aromatic rings. The SMILES string of the molecule is CCc1nc2cc(OC)ccc2cc1C. The Hall–Kier alpha value is -1.57. The van der Waals surface area contributed by atoms with Gasteiger partial charge in [-0.15, -0.1) is 0 Å². The molecule has 0 unspecified atom stereocenters. The minimum atomic E-state index is 0.862. The average Bonchev–Trinajstić information content (AvgIpc) is 2.27. The van der Waals surface area contributed by atoms with Gasteiger partial charge in [-0.25, -0.2) is 0 Å². The number of aryl methyl sites for hydroxylation is 2. The van der Waals surface area contributed by atoms with Crippen LogP contribution in [0.5, 0.6) is 5.75 Å².